The third kappa shape index (κ3) is 10.2. The van der Waals surface area contributed by atoms with Crippen molar-refractivity contribution in [1.29, 1.82) is 0 Å². The molecule has 0 bridgehead atoms. The van der Waals surface area contributed by atoms with E-state index in [1.54, 1.807) is 24.3 Å². The van der Waals surface area contributed by atoms with Gasteiger partial charge in [-0.2, -0.15) is 0 Å². The Balaban J connectivity index is 0.000000284. The molecule has 0 atom stereocenters. The van der Waals surface area contributed by atoms with Crippen molar-refractivity contribution < 1.29 is 32.4 Å². The van der Waals surface area contributed by atoms with Gasteiger partial charge in [0.15, 0.2) is 0 Å². The van der Waals surface area contributed by atoms with Crippen LogP contribution in [0.1, 0.15) is 11.5 Å². The van der Waals surface area contributed by atoms with E-state index in [0.717, 1.165) is 13.1 Å². The van der Waals surface area contributed by atoms with Gasteiger partial charge in [0.05, 0.1) is 12.5 Å². The molecule has 2 N–H and O–H groups in total. The van der Waals surface area contributed by atoms with Crippen LogP contribution in [0, 0.1) is 0 Å². The molecule has 0 radical (unpaired) electrons. The van der Waals surface area contributed by atoms with Gasteiger partial charge in [-0.15, -0.1) is 0 Å². The molecule has 2 aromatic heterocycles. The zero-order valence-electron chi connectivity index (χ0n) is 9.28. The molecule has 19 heavy (non-hydrogen) atoms. The van der Waals surface area contributed by atoms with Crippen LogP contribution in [-0.2, 0) is 13.1 Å². The summed E-state index contributed by atoms with van der Waals surface area (Å²) < 4.78 is 9.53. The van der Waals surface area contributed by atoms with E-state index in [2.05, 4.69) is 30.5 Å². The van der Waals surface area contributed by atoms with Gasteiger partial charge in [0.2, 0.25) is 0 Å². The van der Waals surface area contributed by atoms with Crippen LogP contribution in [0.3, 0.4) is 0 Å². The van der Waals surface area contributed by atoms with E-state index < -0.39 is 0 Å². The molecule has 2 aromatic rings. The Bertz CT molecular complexity index is 404. The maximum absolute atomic E-state index is 7.95. The molecule has 0 saturated heterocycles. The van der Waals surface area contributed by atoms with Crippen LogP contribution in [0.4, 0.5) is 0 Å². The summed E-state index contributed by atoms with van der Waals surface area (Å²) in [5.41, 5.74) is 0. The van der Waals surface area contributed by atoms with Crippen molar-refractivity contribution in [2.24, 2.45) is 10.3 Å². The fraction of sp³-hybridized carbons (Fsp3) is 0. The van der Waals surface area contributed by atoms with Gasteiger partial charge in [-0.1, -0.05) is 10.3 Å². The quantitative estimate of drug-likeness (QED) is 0.372. The third-order valence-electron chi connectivity index (χ3n) is 1.46. The molecule has 0 aliphatic carbocycles. The third-order valence-corrected chi connectivity index (χ3v) is 1.46. The Labute approximate surface area is 123 Å². The number of furan rings is 2. The van der Waals surface area contributed by atoms with Crippen LogP contribution in [0.5, 0.6) is 0 Å². The van der Waals surface area contributed by atoms with Crippen molar-refractivity contribution in [3.05, 3.63) is 48.3 Å². The van der Waals surface area contributed by atoms with Crippen molar-refractivity contribution in [2.75, 3.05) is 0 Å². The summed E-state index contributed by atoms with van der Waals surface area (Å²) in [4.78, 5) is 0. The van der Waals surface area contributed by atoms with Crippen molar-refractivity contribution in [2.45, 2.75) is 0 Å². The average Bonchev–Trinajstić information content (AvgIpc) is 3.05. The van der Waals surface area contributed by atoms with E-state index in [1.165, 1.54) is 25.0 Å². The van der Waals surface area contributed by atoms with E-state index in [9.17, 15) is 0 Å². The maximum atomic E-state index is 7.95. The molecular weight excluding hydrogens is 347 g/mol. The van der Waals surface area contributed by atoms with Gasteiger partial charge < -0.3 is 19.2 Å². The number of hydrogen-bond acceptors (Lipinski definition) is 6. The first kappa shape index (κ1) is 17.6. The van der Waals surface area contributed by atoms with E-state index in [1.807, 2.05) is 0 Å². The Hall–Kier alpha value is -1.40. The van der Waals surface area contributed by atoms with Crippen molar-refractivity contribution in [3.63, 3.8) is 0 Å². The molecule has 0 aliphatic rings. The molecule has 0 amide bonds. The molecule has 0 unspecified atom stereocenters. The molecule has 0 spiro atoms. The molecule has 0 aliphatic heterocycles. The first-order valence-corrected chi connectivity index (χ1v) is 7.10. The summed E-state index contributed by atoms with van der Waals surface area (Å²) in [6.45, 7) is 0. The summed E-state index contributed by atoms with van der Waals surface area (Å²) in [6, 6.07) is 6.83. The van der Waals surface area contributed by atoms with Crippen LogP contribution in [0.25, 0.3) is 0 Å². The molecule has 109 valence electrons. The Kier molecular flexibility index (Phi) is 12.1. The van der Waals surface area contributed by atoms with Crippen molar-refractivity contribution >= 4 is 32.6 Å². The summed E-state index contributed by atoms with van der Waals surface area (Å²) >= 11 is 0.757. The number of rotatable bonds is 2. The number of oxime groups is 2. The molecule has 0 fully saturated rings. The van der Waals surface area contributed by atoms with E-state index in [4.69, 9.17) is 19.2 Å². The molecular formula is C10H10Cl2CuN2O4. The van der Waals surface area contributed by atoms with E-state index in [-0.39, 0.29) is 0 Å². The van der Waals surface area contributed by atoms with Gasteiger partial charge in [0, 0.05) is 0 Å². The summed E-state index contributed by atoms with van der Waals surface area (Å²) in [5.74, 6) is 1.10. The van der Waals surface area contributed by atoms with Crippen LogP contribution >= 0.6 is 20.2 Å². The SMILES string of the molecule is O/N=C/c1ccco1.O/N=C/c1ccco1.[Cl][Cu][Cl]. The van der Waals surface area contributed by atoms with Crippen LogP contribution in [0.2, 0.25) is 0 Å². The molecule has 0 saturated carbocycles. The summed E-state index contributed by atoms with van der Waals surface area (Å²) in [5, 5.41) is 21.4. The summed E-state index contributed by atoms with van der Waals surface area (Å²) in [7, 11) is 9.34. The predicted molar refractivity (Wildman–Crippen MR) is 67.9 cm³/mol. The number of hydrogen-bond donors (Lipinski definition) is 2. The van der Waals surface area contributed by atoms with E-state index in [0.29, 0.717) is 11.5 Å². The van der Waals surface area contributed by atoms with Crippen LogP contribution in [0.15, 0.2) is 55.9 Å². The fourth-order valence-electron chi connectivity index (χ4n) is 0.843. The van der Waals surface area contributed by atoms with Crippen LogP contribution in [-0.4, -0.2) is 22.8 Å². The fourth-order valence-corrected chi connectivity index (χ4v) is 0.843. The molecule has 0 aromatic carbocycles. The molecule has 9 heteroatoms. The van der Waals surface area contributed by atoms with Gasteiger partial charge in [-0.25, -0.2) is 0 Å². The monoisotopic (exact) mass is 355 g/mol. The second-order valence-electron chi connectivity index (χ2n) is 2.56. The Morgan fingerprint density at radius 3 is 1.53 bits per heavy atom. The first-order valence-electron chi connectivity index (χ1n) is 4.51. The van der Waals surface area contributed by atoms with Crippen molar-refractivity contribution in [3.8, 4) is 0 Å². The Morgan fingerprint density at radius 1 is 0.947 bits per heavy atom. The molecule has 2 rings (SSSR count). The second kappa shape index (κ2) is 13.0. The second-order valence-corrected chi connectivity index (χ2v) is 4.12. The van der Waals surface area contributed by atoms with Gasteiger partial charge in [-0.05, 0) is 24.3 Å². The summed E-state index contributed by atoms with van der Waals surface area (Å²) in [6.07, 6.45) is 5.47. The van der Waals surface area contributed by atoms with Gasteiger partial charge in [0.1, 0.15) is 23.9 Å². The van der Waals surface area contributed by atoms with Crippen molar-refractivity contribution in [1.82, 2.24) is 0 Å². The minimum atomic E-state index is 0.549. The number of halogens is 2. The van der Waals surface area contributed by atoms with E-state index >= 15 is 0 Å². The van der Waals surface area contributed by atoms with Gasteiger partial charge >= 0.3 is 33.3 Å². The topological polar surface area (TPSA) is 91.5 Å². The molecule has 6 nitrogen and oxygen atoms in total. The number of nitrogens with zero attached hydrogens (tertiary/aromatic N) is 2. The molecule has 2 heterocycles. The normalized spacial score (nSPS) is 10.0. The zero-order chi connectivity index (χ0) is 14.3. The minimum absolute atomic E-state index is 0.549. The predicted octanol–water partition coefficient (Wildman–Crippen LogP) is 3.55. The Morgan fingerprint density at radius 2 is 1.32 bits per heavy atom. The van der Waals surface area contributed by atoms with Gasteiger partial charge in [-0.3, -0.25) is 0 Å². The van der Waals surface area contributed by atoms with Gasteiger partial charge in [0.25, 0.3) is 0 Å². The standard InChI is InChI=1S/2C5H5NO2.2ClH.Cu/c2*7-6-4-5-2-1-3-8-5;;;/h2*1-4,7H;2*1H;/q;;;;+2/p-2/b2*6-4+;;;. The average molecular weight is 357 g/mol. The zero-order valence-corrected chi connectivity index (χ0v) is 11.7. The first-order chi connectivity index (χ1) is 9.28. The van der Waals surface area contributed by atoms with Crippen LogP contribution < -0.4 is 0 Å².